The average Bonchev–Trinajstić information content (AvgIpc) is 3.71. The van der Waals surface area contributed by atoms with E-state index in [-0.39, 0.29) is 11.9 Å². The van der Waals surface area contributed by atoms with E-state index >= 15 is 0 Å². The second-order valence-electron chi connectivity index (χ2n) is 9.75. The van der Waals surface area contributed by atoms with Crippen molar-refractivity contribution in [2.75, 3.05) is 57.7 Å². The Labute approximate surface area is 215 Å². The number of nitrogens with zero attached hydrogens (tertiary/aromatic N) is 3. The molecular weight excluding hydrogens is 452 g/mol. The Balaban J connectivity index is 1.58. The van der Waals surface area contributed by atoms with Crippen LogP contribution >= 0.6 is 0 Å². The zero-order valence-electron chi connectivity index (χ0n) is 21.9. The Morgan fingerprint density at radius 3 is 2.28 bits per heavy atom. The van der Waals surface area contributed by atoms with Gasteiger partial charge in [0.05, 0.1) is 12.6 Å². The molecule has 1 N–H and O–H groups in total. The van der Waals surface area contributed by atoms with Gasteiger partial charge < -0.3 is 14.5 Å². The second-order valence-corrected chi connectivity index (χ2v) is 9.75. The van der Waals surface area contributed by atoms with E-state index in [9.17, 15) is 9.59 Å². The number of piperazine rings is 1. The highest BCUT2D eigenvalue weighted by Gasteiger charge is 2.30. The van der Waals surface area contributed by atoms with E-state index in [2.05, 4.69) is 33.3 Å². The highest BCUT2D eigenvalue weighted by Crippen LogP contribution is 2.33. The van der Waals surface area contributed by atoms with Crippen LogP contribution in [0.4, 0.5) is 10.5 Å². The minimum atomic E-state index is -0.445. The van der Waals surface area contributed by atoms with Crippen LogP contribution in [0.1, 0.15) is 61.1 Å². The number of amides is 2. The summed E-state index contributed by atoms with van der Waals surface area (Å²) in [7, 11) is 0. The lowest BCUT2D eigenvalue weighted by molar-refractivity contribution is 0.0772. The van der Waals surface area contributed by atoms with Gasteiger partial charge in [0.1, 0.15) is 0 Å². The monoisotopic (exact) mass is 492 g/mol. The summed E-state index contributed by atoms with van der Waals surface area (Å²) in [5.74, 6) is 0.964. The maximum absolute atomic E-state index is 12.8. The first-order chi connectivity index (χ1) is 17.5. The molecule has 1 aliphatic carbocycles. The van der Waals surface area contributed by atoms with Gasteiger partial charge in [-0.3, -0.25) is 15.0 Å². The number of hydrogen-bond acceptors (Lipinski definition) is 5. The topological polar surface area (TPSA) is 65.1 Å². The number of carbonyl (C=O) groups excluding carboxylic acids is 2. The third-order valence-electron chi connectivity index (χ3n) is 7.23. The zero-order valence-corrected chi connectivity index (χ0v) is 21.9. The summed E-state index contributed by atoms with van der Waals surface area (Å²) in [5.41, 5.74) is 3.70. The molecule has 7 nitrogen and oxygen atoms in total. The van der Waals surface area contributed by atoms with Gasteiger partial charge in [0, 0.05) is 57.1 Å². The molecular formula is C29H40N4O3. The molecule has 0 spiro atoms. The fourth-order valence-electron chi connectivity index (χ4n) is 5.06. The summed E-state index contributed by atoms with van der Waals surface area (Å²) in [4.78, 5) is 31.8. The Hall–Kier alpha value is -2.90. The van der Waals surface area contributed by atoms with Crippen LogP contribution < -0.4 is 5.32 Å². The lowest BCUT2D eigenvalue weighted by Gasteiger charge is -2.40. The van der Waals surface area contributed by atoms with Crippen LogP contribution in [0, 0.1) is 5.92 Å². The van der Waals surface area contributed by atoms with Gasteiger partial charge in [-0.25, -0.2) is 4.79 Å². The van der Waals surface area contributed by atoms with Gasteiger partial charge in [-0.1, -0.05) is 24.3 Å². The largest absolute Gasteiger partial charge is 0.450 e. The number of nitrogens with one attached hydrogen (secondary N) is 1. The fourth-order valence-corrected chi connectivity index (χ4v) is 5.06. The second kappa shape index (κ2) is 12.4. The predicted octanol–water partition coefficient (Wildman–Crippen LogP) is 4.85. The first kappa shape index (κ1) is 26.2. The van der Waals surface area contributed by atoms with Crippen LogP contribution in [0.15, 0.2) is 48.5 Å². The summed E-state index contributed by atoms with van der Waals surface area (Å²) in [6, 6.07) is 16.1. The lowest BCUT2D eigenvalue weighted by Crippen LogP contribution is -2.48. The molecule has 1 heterocycles. The smallest absolute Gasteiger partial charge is 0.411 e. The minimum Gasteiger partial charge on any atom is -0.450 e. The van der Waals surface area contributed by atoms with Gasteiger partial charge in [-0.2, -0.15) is 0 Å². The van der Waals surface area contributed by atoms with Gasteiger partial charge in [0.15, 0.2) is 0 Å². The summed E-state index contributed by atoms with van der Waals surface area (Å²) in [6.45, 7) is 12.8. The molecule has 4 rings (SSSR count). The van der Waals surface area contributed by atoms with Crippen LogP contribution in [0.2, 0.25) is 0 Å². The molecule has 7 heteroatoms. The molecule has 36 heavy (non-hydrogen) atoms. The lowest BCUT2D eigenvalue weighted by atomic mass is 9.94. The van der Waals surface area contributed by atoms with Crippen molar-refractivity contribution in [1.82, 2.24) is 14.7 Å². The Kier molecular flexibility index (Phi) is 8.99. The third-order valence-corrected chi connectivity index (χ3v) is 7.23. The van der Waals surface area contributed by atoms with Gasteiger partial charge in [0.2, 0.25) is 0 Å². The number of ether oxygens (including phenoxy) is 1. The first-order valence-electron chi connectivity index (χ1n) is 13.4. The summed E-state index contributed by atoms with van der Waals surface area (Å²) >= 11 is 0. The van der Waals surface area contributed by atoms with E-state index < -0.39 is 6.09 Å². The van der Waals surface area contributed by atoms with Crippen molar-refractivity contribution in [2.45, 2.75) is 39.7 Å². The summed E-state index contributed by atoms with van der Waals surface area (Å²) < 4.78 is 5.07. The number of carbonyl (C=O) groups is 2. The maximum atomic E-state index is 12.8. The van der Waals surface area contributed by atoms with Crippen molar-refractivity contribution in [3.63, 3.8) is 0 Å². The molecule has 2 amide bonds. The molecule has 0 unspecified atom stereocenters. The van der Waals surface area contributed by atoms with Crippen molar-refractivity contribution < 1.29 is 14.3 Å². The maximum Gasteiger partial charge on any atom is 0.411 e. The van der Waals surface area contributed by atoms with Crippen LogP contribution in [-0.4, -0.2) is 79.1 Å². The van der Waals surface area contributed by atoms with Crippen molar-refractivity contribution >= 4 is 17.7 Å². The third kappa shape index (κ3) is 6.65. The summed E-state index contributed by atoms with van der Waals surface area (Å²) in [6.07, 6.45) is 2.31. The minimum absolute atomic E-state index is 0.0367. The van der Waals surface area contributed by atoms with E-state index in [0.29, 0.717) is 25.3 Å². The quantitative estimate of drug-likeness (QED) is 0.513. The summed E-state index contributed by atoms with van der Waals surface area (Å²) in [5, 5.41) is 2.84. The van der Waals surface area contributed by atoms with Crippen molar-refractivity contribution in [3.8, 4) is 0 Å². The Bertz CT molecular complexity index is 1010. The molecule has 1 aliphatic heterocycles. The SMILES string of the molecule is CCOC(=O)Nc1cccc([C@@H](c2ccc(C(=O)N(CC)CC)cc2)N2CCN(CC3CC3)CC2)c1. The molecule has 1 saturated carbocycles. The van der Waals surface area contributed by atoms with E-state index in [1.165, 1.54) is 19.4 Å². The van der Waals surface area contributed by atoms with E-state index in [1.54, 1.807) is 6.92 Å². The van der Waals surface area contributed by atoms with Crippen molar-refractivity contribution in [2.24, 2.45) is 5.92 Å². The molecule has 194 valence electrons. The molecule has 2 aliphatic rings. The fraction of sp³-hybridized carbons (Fsp3) is 0.517. The van der Waals surface area contributed by atoms with Crippen LogP contribution in [0.25, 0.3) is 0 Å². The van der Waals surface area contributed by atoms with E-state index in [0.717, 1.165) is 48.9 Å². The molecule has 2 fully saturated rings. The molecule has 2 aromatic carbocycles. The van der Waals surface area contributed by atoms with Crippen molar-refractivity contribution in [1.29, 1.82) is 0 Å². The molecule has 1 saturated heterocycles. The standard InChI is InChI=1S/C29H40N4O3/c1-4-32(5-2)28(34)24-14-12-23(13-15-24)27(33-18-16-31(17-19-33)21-22-10-11-22)25-8-7-9-26(20-25)30-29(35)36-6-3/h7-9,12-15,20,22,27H,4-6,10-11,16-19,21H2,1-3H3,(H,30,35)/t27-/m1/s1. The first-order valence-corrected chi connectivity index (χ1v) is 13.4. The molecule has 0 radical (unpaired) electrons. The molecule has 2 aromatic rings. The molecule has 0 aromatic heterocycles. The van der Waals surface area contributed by atoms with Gasteiger partial charge in [-0.05, 0) is 74.9 Å². The average molecular weight is 493 g/mol. The van der Waals surface area contributed by atoms with Crippen LogP contribution in [0.3, 0.4) is 0 Å². The molecule has 0 bridgehead atoms. The highest BCUT2D eigenvalue weighted by molar-refractivity contribution is 5.94. The highest BCUT2D eigenvalue weighted by atomic mass is 16.5. The van der Waals surface area contributed by atoms with Gasteiger partial charge in [-0.15, -0.1) is 0 Å². The predicted molar refractivity (Wildman–Crippen MR) is 143 cm³/mol. The van der Waals surface area contributed by atoms with Crippen molar-refractivity contribution in [3.05, 3.63) is 65.2 Å². The molecule has 1 atom stereocenters. The van der Waals surface area contributed by atoms with E-state index in [1.807, 2.05) is 49.1 Å². The Morgan fingerprint density at radius 1 is 0.972 bits per heavy atom. The normalized spacial score (nSPS) is 17.4. The number of benzene rings is 2. The number of hydrogen-bond donors (Lipinski definition) is 1. The van der Waals surface area contributed by atoms with Crippen LogP contribution in [-0.2, 0) is 4.74 Å². The number of rotatable bonds is 10. The van der Waals surface area contributed by atoms with E-state index in [4.69, 9.17) is 4.74 Å². The zero-order chi connectivity index (χ0) is 25.5. The van der Waals surface area contributed by atoms with Crippen LogP contribution in [0.5, 0.6) is 0 Å². The van der Waals surface area contributed by atoms with Gasteiger partial charge in [0.25, 0.3) is 5.91 Å². The van der Waals surface area contributed by atoms with Gasteiger partial charge >= 0.3 is 6.09 Å². The Morgan fingerprint density at radius 2 is 1.67 bits per heavy atom. The number of anilines is 1.